The van der Waals surface area contributed by atoms with Gasteiger partial charge in [-0.3, -0.25) is 0 Å². The topological polar surface area (TPSA) is 17.1 Å². The van der Waals surface area contributed by atoms with Crippen LogP contribution in [0, 0.1) is 0 Å². The van der Waals surface area contributed by atoms with E-state index in [1.54, 1.807) is 6.07 Å². The summed E-state index contributed by atoms with van der Waals surface area (Å²) in [7, 11) is 5.65. The Morgan fingerprint density at radius 1 is 1.23 bits per heavy atom. The Morgan fingerprint density at radius 2 is 1.77 bits per heavy atom. The molecule has 1 aromatic carbocycles. The van der Waals surface area contributed by atoms with Gasteiger partial charge in [0.25, 0.3) is 0 Å². The molecule has 0 fully saturated rings. The Kier molecular flexibility index (Phi) is 4.37. The van der Waals surface area contributed by atoms with Crippen molar-refractivity contribution < 1.29 is 4.79 Å². The van der Waals surface area contributed by atoms with Gasteiger partial charge in [-0.25, -0.2) is 0 Å². The van der Waals surface area contributed by atoms with Gasteiger partial charge in [-0.05, 0) is 0 Å². The summed E-state index contributed by atoms with van der Waals surface area (Å²) >= 11 is 16.4. The van der Waals surface area contributed by atoms with E-state index in [2.05, 4.69) is 0 Å². The second-order valence-electron chi connectivity index (χ2n) is 2.11. The van der Waals surface area contributed by atoms with Gasteiger partial charge in [0.05, 0.1) is 0 Å². The fourth-order valence-electron chi connectivity index (χ4n) is 0.746. The van der Waals surface area contributed by atoms with Crippen LogP contribution in [0.1, 0.15) is 10.4 Å². The van der Waals surface area contributed by atoms with Gasteiger partial charge < -0.3 is 0 Å². The van der Waals surface area contributed by atoms with Crippen molar-refractivity contribution in [1.82, 2.24) is 0 Å². The molecule has 1 nitrogen and oxygen atoms in total. The minimum atomic E-state index is -0.573. The average Bonchev–Trinajstić information content (AvgIpc) is 2.08. The van der Waals surface area contributed by atoms with Crippen molar-refractivity contribution in [2.24, 2.45) is 0 Å². The average molecular weight is 323 g/mol. The Labute approximate surface area is 101 Å². The van der Waals surface area contributed by atoms with Crippen LogP contribution in [0.4, 0.5) is 0 Å². The predicted molar refractivity (Wildman–Crippen MR) is 57.9 cm³/mol. The summed E-state index contributed by atoms with van der Waals surface area (Å²) in [6, 6.07) is 2.99. The number of hydrogen-bond donors (Lipinski definition) is 0. The Morgan fingerprint density at radius 3 is 2.23 bits per heavy atom. The quantitative estimate of drug-likeness (QED) is 0.604. The van der Waals surface area contributed by atoms with Crippen molar-refractivity contribution in [3.05, 3.63) is 27.7 Å². The van der Waals surface area contributed by atoms with Crippen molar-refractivity contribution in [3.63, 3.8) is 0 Å². The molecule has 0 N–H and O–H groups in total. The van der Waals surface area contributed by atoms with E-state index >= 15 is 0 Å². The molecule has 0 saturated heterocycles. The van der Waals surface area contributed by atoms with Crippen LogP contribution in [0.15, 0.2) is 12.1 Å². The van der Waals surface area contributed by atoms with Crippen molar-refractivity contribution in [2.75, 3.05) is 0 Å². The molecule has 0 bridgehead atoms. The molecule has 1 aromatic rings. The standard InChI is InChI=1S/C7H2Cl4OSe/c8-4-1-3(7(10)12)6(13-11)2-5(4)9/h1-2H. The molecule has 0 unspecified atom stereocenters. The number of rotatable bonds is 2. The number of halogens is 4. The normalized spacial score (nSPS) is 10.2. The van der Waals surface area contributed by atoms with E-state index in [4.69, 9.17) is 44.9 Å². The molecular formula is C7H2Cl4OSe. The molecule has 6 heteroatoms. The molecule has 0 heterocycles. The van der Waals surface area contributed by atoms with Gasteiger partial charge in [0.1, 0.15) is 0 Å². The number of benzene rings is 1. The third-order valence-corrected chi connectivity index (χ3v) is 4.16. The summed E-state index contributed by atoms with van der Waals surface area (Å²) < 4.78 is 0.642. The van der Waals surface area contributed by atoms with Crippen molar-refractivity contribution in [2.45, 2.75) is 0 Å². The zero-order chi connectivity index (χ0) is 10.0. The molecule has 1 rings (SSSR count). The second-order valence-corrected chi connectivity index (χ2v) is 5.32. The van der Waals surface area contributed by atoms with Gasteiger partial charge in [0.15, 0.2) is 0 Å². The Bertz CT molecular complexity index is 353. The molecule has 0 aliphatic carbocycles. The molecule has 0 radical (unpaired) electrons. The predicted octanol–water partition coefficient (Wildman–Crippen LogP) is 2.86. The van der Waals surface area contributed by atoms with Crippen LogP contribution in [0.25, 0.3) is 0 Å². The monoisotopic (exact) mass is 322 g/mol. The van der Waals surface area contributed by atoms with Crippen molar-refractivity contribution in [3.8, 4) is 0 Å². The molecule has 0 amide bonds. The molecule has 0 aromatic heterocycles. The van der Waals surface area contributed by atoms with Gasteiger partial charge in [-0.2, -0.15) is 0 Å². The fourth-order valence-corrected chi connectivity index (χ4v) is 3.00. The zero-order valence-electron chi connectivity index (χ0n) is 5.98. The summed E-state index contributed by atoms with van der Waals surface area (Å²) in [5.74, 6) is 0. The van der Waals surface area contributed by atoms with E-state index in [1.165, 1.54) is 6.07 Å². The van der Waals surface area contributed by atoms with E-state index in [1.807, 2.05) is 0 Å². The van der Waals surface area contributed by atoms with Gasteiger partial charge in [-0.1, -0.05) is 0 Å². The van der Waals surface area contributed by atoms with Crippen LogP contribution in [0.3, 0.4) is 0 Å². The molecular weight excluding hydrogens is 321 g/mol. The summed E-state index contributed by atoms with van der Waals surface area (Å²) in [5, 5.41) is 0.104. The maximum absolute atomic E-state index is 10.9. The first-order chi connectivity index (χ1) is 6.06. The van der Waals surface area contributed by atoms with Crippen LogP contribution in [-0.2, 0) is 0 Å². The van der Waals surface area contributed by atoms with Gasteiger partial charge >= 0.3 is 101 Å². The van der Waals surface area contributed by atoms with Crippen LogP contribution in [0.2, 0.25) is 10.0 Å². The molecule has 0 aliphatic heterocycles. The molecule has 0 atom stereocenters. The van der Waals surface area contributed by atoms with Gasteiger partial charge in [0, 0.05) is 0 Å². The van der Waals surface area contributed by atoms with E-state index in [-0.39, 0.29) is 14.0 Å². The number of hydrogen-bond acceptors (Lipinski definition) is 1. The third-order valence-electron chi connectivity index (χ3n) is 1.32. The SMILES string of the molecule is O=C(Cl)c1cc(Cl)c(Cl)cc1[Se]Cl. The summed E-state index contributed by atoms with van der Waals surface area (Å²) in [4.78, 5) is 10.9. The first kappa shape index (κ1) is 11.6. The van der Waals surface area contributed by atoms with E-state index in [0.717, 1.165) is 0 Å². The van der Waals surface area contributed by atoms with E-state index in [0.29, 0.717) is 20.1 Å². The third kappa shape index (κ3) is 2.76. The van der Waals surface area contributed by atoms with Crippen molar-refractivity contribution in [1.29, 1.82) is 0 Å². The Balaban J connectivity index is 3.33. The molecule has 0 saturated carbocycles. The number of carbonyl (C=O) groups excluding carboxylic acids is 1. The van der Waals surface area contributed by atoms with Gasteiger partial charge in [-0.15, -0.1) is 0 Å². The van der Waals surface area contributed by atoms with Crippen LogP contribution in [0.5, 0.6) is 0 Å². The molecule has 0 spiro atoms. The van der Waals surface area contributed by atoms with Crippen LogP contribution in [-0.4, -0.2) is 19.3 Å². The maximum atomic E-state index is 10.9. The van der Waals surface area contributed by atoms with E-state index < -0.39 is 5.24 Å². The fraction of sp³-hybridized carbons (Fsp3) is 0. The molecule has 70 valence electrons. The first-order valence-corrected chi connectivity index (χ1v) is 7.28. The Hall–Kier alpha value is 0.569. The molecule has 13 heavy (non-hydrogen) atoms. The first-order valence-electron chi connectivity index (χ1n) is 3.03. The summed E-state index contributed by atoms with van der Waals surface area (Å²) in [6.45, 7) is 0. The van der Waals surface area contributed by atoms with Crippen LogP contribution < -0.4 is 4.46 Å². The van der Waals surface area contributed by atoms with Crippen molar-refractivity contribution >= 4 is 68.7 Å². The molecule has 0 aliphatic rings. The van der Waals surface area contributed by atoms with E-state index in [9.17, 15) is 4.79 Å². The summed E-state index contributed by atoms with van der Waals surface area (Å²) in [5.41, 5.74) is 0.325. The summed E-state index contributed by atoms with van der Waals surface area (Å²) in [6.07, 6.45) is 0. The zero-order valence-corrected chi connectivity index (χ0v) is 10.7. The van der Waals surface area contributed by atoms with Crippen LogP contribution >= 0.6 is 44.9 Å². The second kappa shape index (κ2) is 4.88. The minimum absolute atomic E-state index is 0.301. The number of carbonyl (C=O) groups is 1. The van der Waals surface area contributed by atoms with Gasteiger partial charge in [0.2, 0.25) is 0 Å².